The van der Waals surface area contributed by atoms with E-state index in [0.717, 1.165) is 21.9 Å². The van der Waals surface area contributed by atoms with Gasteiger partial charge in [0.1, 0.15) is 16.7 Å². The first kappa shape index (κ1) is 15.8. The second kappa shape index (κ2) is 5.78. The minimum atomic E-state index is -0.608. The van der Waals surface area contributed by atoms with Crippen LogP contribution in [0.25, 0.3) is 44.5 Å². The van der Waals surface area contributed by atoms with Gasteiger partial charge in [0.2, 0.25) is 5.89 Å². The van der Waals surface area contributed by atoms with Crippen molar-refractivity contribution in [2.24, 2.45) is 0 Å². The molecule has 0 N–H and O–H groups in total. The molecule has 3 heterocycles. The van der Waals surface area contributed by atoms with E-state index in [9.17, 15) is 9.59 Å². The van der Waals surface area contributed by atoms with Crippen LogP contribution in [-0.2, 0) is 0 Å². The number of hydrogen-bond acceptors (Lipinski definition) is 7. The minimum absolute atomic E-state index is 0.0197. The van der Waals surface area contributed by atoms with E-state index < -0.39 is 10.6 Å². The highest BCUT2D eigenvalue weighted by molar-refractivity contribution is 7.02. The average molecular weight is 377 g/mol. The van der Waals surface area contributed by atoms with Crippen LogP contribution in [0.2, 0.25) is 0 Å². The molecule has 0 amide bonds. The Balaban J connectivity index is 1.83. The summed E-state index contributed by atoms with van der Waals surface area (Å²) in [6.07, 6.45) is 1.69. The topological polar surface area (TPSA) is 86.5 Å². The van der Waals surface area contributed by atoms with Crippen molar-refractivity contribution in [1.82, 2.24) is 4.37 Å². The highest BCUT2D eigenvalue weighted by Gasteiger charge is 2.20. The zero-order chi connectivity index (χ0) is 18.5. The van der Waals surface area contributed by atoms with Crippen LogP contribution < -0.4 is 10.6 Å². The molecule has 0 saturated heterocycles. The van der Waals surface area contributed by atoms with Crippen LogP contribution in [0.3, 0.4) is 0 Å². The molecule has 27 heavy (non-hydrogen) atoms. The fourth-order valence-electron chi connectivity index (χ4n) is 3.25. The summed E-state index contributed by atoms with van der Waals surface area (Å²) in [4.78, 5) is 23.2. The maximum atomic E-state index is 12.4. The summed E-state index contributed by atoms with van der Waals surface area (Å²) in [5.74, 6) is -0.0197. The fourth-order valence-corrected chi connectivity index (χ4v) is 3.65. The Labute approximate surface area is 155 Å². The van der Waals surface area contributed by atoms with Crippen LogP contribution in [0, 0.1) is 6.92 Å². The molecule has 6 nitrogen and oxygen atoms in total. The lowest BCUT2D eigenvalue weighted by Gasteiger charge is -2.05. The van der Waals surface area contributed by atoms with E-state index in [1.807, 2.05) is 36.4 Å². The maximum Gasteiger partial charge on any atom is 0.414 e. The van der Waals surface area contributed by atoms with Gasteiger partial charge in [-0.1, -0.05) is 30.3 Å². The van der Waals surface area contributed by atoms with Crippen LogP contribution in [0.1, 0.15) is 5.56 Å². The lowest BCUT2D eigenvalue weighted by Crippen LogP contribution is -2.06. The summed E-state index contributed by atoms with van der Waals surface area (Å²) in [5.41, 5.74) is 3.18. The Hall–Kier alpha value is -3.45. The van der Waals surface area contributed by atoms with Gasteiger partial charge in [0.05, 0.1) is 17.8 Å². The maximum absolute atomic E-state index is 12.4. The molecule has 0 fully saturated rings. The van der Waals surface area contributed by atoms with Gasteiger partial charge in [-0.2, -0.15) is 0 Å². The summed E-state index contributed by atoms with van der Waals surface area (Å²) in [7, 11) is 0. The van der Waals surface area contributed by atoms with Gasteiger partial charge >= 0.3 is 10.6 Å². The number of nitrogens with zero attached hydrogens (tertiary/aromatic N) is 1. The third-order valence-electron chi connectivity index (χ3n) is 4.54. The van der Waals surface area contributed by atoms with Crippen molar-refractivity contribution < 1.29 is 13.3 Å². The Morgan fingerprint density at radius 2 is 1.78 bits per heavy atom. The molecule has 5 rings (SSSR count). The summed E-state index contributed by atoms with van der Waals surface area (Å²) < 4.78 is 20.1. The number of fused-ring (bicyclic) bond motifs is 2. The zero-order valence-corrected chi connectivity index (χ0v) is 14.8. The van der Waals surface area contributed by atoms with Crippen molar-refractivity contribution in [1.29, 1.82) is 0 Å². The normalized spacial score (nSPS) is 11.4. The van der Waals surface area contributed by atoms with Crippen molar-refractivity contribution in [3.63, 3.8) is 0 Å². The van der Waals surface area contributed by atoms with Crippen molar-refractivity contribution >= 4 is 33.5 Å². The smallest absolute Gasteiger partial charge is 0.414 e. The number of benzene rings is 2. The van der Waals surface area contributed by atoms with Gasteiger partial charge in [-0.05, 0) is 24.1 Å². The van der Waals surface area contributed by atoms with E-state index in [0.29, 0.717) is 28.3 Å². The number of furan rings is 1. The SMILES string of the molecule is Cc1c(-c2nsc(=O)o2)c(=O)oc2cc3occ(-c4ccccc4)c3cc12. The van der Waals surface area contributed by atoms with Gasteiger partial charge in [0.25, 0.3) is 0 Å². The van der Waals surface area contributed by atoms with Crippen LogP contribution in [-0.4, -0.2) is 4.37 Å². The van der Waals surface area contributed by atoms with Crippen molar-refractivity contribution in [2.75, 3.05) is 0 Å². The second-order valence-corrected chi connectivity index (χ2v) is 6.79. The molecule has 0 spiro atoms. The van der Waals surface area contributed by atoms with Gasteiger partial charge in [-0.15, -0.1) is 4.37 Å². The van der Waals surface area contributed by atoms with E-state index in [1.165, 1.54) is 0 Å². The van der Waals surface area contributed by atoms with Gasteiger partial charge in [-0.25, -0.2) is 9.59 Å². The van der Waals surface area contributed by atoms with E-state index in [1.54, 1.807) is 19.3 Å². The lowest BCUT2D eigenvalue weighted by atomic mass is 10.0. The molecule has 3 aromatic heterocycles. The molecule has 0 aliphatic heterocycles. The molecule has 0 saturated carbocycles. The molecule has 7 heteroatoms. The molecule has 0 atom stereocenters. The number of hydrogen-bond donors (Lipinski definition) is 0. The van der Waals surface area contributed by atoms with Crippen LogP contribution in [0.5, 0.6) is 0 Å². The Bertz CT molecular complexity index is 1420. The Morgan fingerprint density at radius 1 is 0.963 bits per heavy atom. The first-order valence-corrected chi connectivity index (χ1v) is 8.90. The standard InChI is InChI=1S/C20H11NO5S/c1-10-12-7-13-14(11-5-3-2-4-6-11)9-24-15(13)8-16(12)25-19(22)17(10)18-21-27-20(23)26-18/h2-9H,1H3. The van der Waals surface area contributed by atoms with E-state index >= 15 is 0 Å². The molecule has 132 valence electrons. The largest absolute Gasteiger partial charge is 0.464 e. The highest BCUT2D eigenvalue weighted by Crippen LogP contribution is 2.35. The Kier molecular flexibility index (Phi) is 3.38. The fraction of sp³-hybridized carbons (Fsp3) is 0.0500. The molecular formula is C20H11NO5S. The lowest BCUT2D eigenvalue weighted by molar-refractivity contribution is 0.525. The molecule has 0 bridgehead atoms. The minimum Gasteiger partial charge on any atom is -0.464 e. The summed E-state index contributed by atoms with van der Waals surface area (Å²) >= 11 is 0.658. The first-order chi connectivity index (χ1) is 13.1. The van der Waals surface area contributed by atoms with Gasteiger partial charge in [0.15, 0.2) is 0 Å². The quantitative estimate of drug-likeness (QED) is 0.418. The summed E-state index contributed by atoms with van der Waals surface area (Å²) in [6, 6.07) is 13.5. The predicted octanol–water partition coefficient (Wildman–Crippen LogP) is 4.59. The third-order valence-corrected chi connectivity index (χ3v) is 5.03. The predicted molar refractivity (Wildman–Crippen MR) is 102 cm³/mol. The van der Waals surface area contributed by atoms with E-state index in [-0.39, 0.29) is 11.5 Å². The second-order valence-electron chi connectivity index (χ2n) is 6.09. The molecule has 0 aliphatic carbocycles. The first-order valence-electron chi connectivity index (χ1n) is 8.13. The molecule has 0 unspecified atom stereocenters. The number of aromatic nitrogens is 1. The highest BCUT2D eigenvalue weighted by atomic mass is 32.1. The molecule has 0 aliphatic rings. The van der Waals surface area contributed by atoms with Crippen molar-refractivity contribution in [3.05, 3.63) is 74.4 Å². The van der Waals surface area contributed by atoms with Crippen molar-refractivity contribution in [2.45, 2.75) is 6.92 Å². The zero-order valence-electron chi connectivity index (χ0n) is 14.0. The van der Waals surface area contributed by atoms with Crippen LogP contribution in [0.15, 0.2) is 71.6 Å². The van der Waals surface area contributed by atoms with Crippen LogP contribution >= 0.6 is 11.5 Å². The summed E-state index contributed by atoms with van der Waals surface area (Å²) in [5, 5.41) is 1.63. The molecular weight excluding hydrogens is 366 g/mol. The van der Waals surface area contributed by atoms with E-state index in [2.05, 4.69) is 4.37 Å². The van der Waals surface area contributed by atoms with Gasteiger partial charge in [0, 0.05) is 22.4 Å². The molecule has 2 aromatic carbocycles. The van der Waals surface area contributed by atoms with E-state index in [4.69, 9.17) is 13.3 Å². The van der Waals surface area contributed by atoms with Crippen LogP contribution in [0.4, 0.5) is 0 Å². The average Bonchev–Trinajstić information content (AvgIpc) is 3.27. The van der Waals surface area contributed by atoms with Gasteiger partial charge in [-0.3, -0.25) is 0 Å². The monoisotopic (exact) mass is 377 g/mol. The molecule has 0 radical (unpaired) electrons. The third kappa shape index (κ3) is 2.43. The Morgan fingerprint density at radius 3 is 2.52 bits per heavy atom. The van der Waals surface area contributed by atoms with Gasteiger partial charge < -0.3 is 13.3 Å². The van der Waals surface area contributed by atoms with Crippen molar-refractivity contribution in [3.8, 4) is 22.6 Å². The number of rotatable bonds is 2. The molecule has 5 aromatic rings. The summed E-state index contributed by atoms with van der Waals surface area (Å²) in [6.45, 7) is 1.78. The number of aryl methyl sites for hydroxylation is 1.